The highest BCUT2D eigenvalue weighted by atomic mass is 127. The molecule has 1 aliphatic rings. The molecule has 0 spiro atoms. The van der Waals surface area contributed by atoms with E-state index in [0.717, 1.165) is 36.4 Å². The van der Waals surface area contributed by atoms with E-state index in [1.807, 2.05) is 0 Å². The summed E-state index contributed by atoms with van der Waals surface area (Å²) in [4.78, 5) is 4.62. The summed E-state index contributed by atoms with van der Waals surface area (Å²) in [6.45, 7) is 7.57. The molecule has 0 aromatic heterocycles. The molecule has 0 bridgehead atoms. The zero-order valence-corrected chi connectivity index (χ0v) is 20.3. The molecule has 1 atom stereocenters. The van der Waals surface area contributed by atoms with Crippen LogP contribution in [0, 0.1) is 5.92 Å². The van der Waals surface area contributed by atoms with E-state index in [-0.39, 0.29) is 24.0 Å². The summed E-state index contributed by atoms with van der Waals surface area (Å²) >= 11 is 3.54. The SMILES string of the molecule is CCNC(=NCC1(O)CCOCC1)NCC(CC)Cc1cccc(Br)c1.I. The van der Waals surface area contributed by atoms with Crippen LogP contribution in [0.2, 0.25) is 0 Å². The number of benzene rings is 1. The van der Waals surface area contributed by atoms with Gasteiger partial charge in [0.25, 0.3) is 0 Å². The van der Waals surface area contributed by atoms with Gasteiger partial charge in [-0.05, 0) is 37.0 Å². The predicted octanol–water partition coefficient (Wildman–Crippen LogP) is 3.73. The van der Waals surface area contributed by atoms with Crippen molar-refractivity contribution in [2.24, 2.45) is 10.9 Å². The van der Waals surface area contributed by atoms with Crippen molar-refractivity contribution in [2.45, 2.75) is 45.1 Å². The number of ether oxygens (including phenoxy) is 1. The van der Waals surface area contributed by atoms with Gasteiger partial charge in [-0.2, -0.15) is 0 Å². The maximum absolute atomic E-state index is 10.6. The summed E-state index contributed by atoms with van der Waals surface area (Å²) in [5.74, 6) is 1.31. The molecule has 154 valence electrons. The van der Waals surface area contributed by atoms with Crippen LogP contribution in [0.1, 0.15) is 38.7 Å². The van der Waals surface area contributed by atoms with E-state index in [1.165, 1.54) is 5.56 Å². The van der Waals surface area contributed by atoms with Crippen molar-refractivity contribution in [3.05, 3.63) is 34.3 Å². The largest absolute Gasteiger partial charge is 0.388 e. The number of guanidine groups is 1. The lowest BCUT2D eigenvalue weighted by Gasteiger charge is -2.30. The fourth-order valence-electron chi connectivity index (χ4n) is 3.08. The molecule has 1 aromatic carbocycles. The predicted molar refractivity (Wildman–Crippen MR) is 126 cm³/mol. The third-order valence-electron chi connectivity index (χ3n) is 4.85. The number of rotatable bonds is 8. The second kappa shape index (κ2) is 13.0. The minimum Gasteiger partial charge on any atom is -0.388 e. The van der Waals surface area contributed by atoms with Crippen LogP contribution in [-0.2, 0) is 11.2 Å². The fourth-order valence-corrected chi connectivity index (χ4v) is 3.52. The smallest absolute Gasteiger partial charge is 0.191 e. The fraction of sp³-hybridized carbons (Fsp3) is 0.650. The van der Waals surface area contributed by atoms with Gasteiger partial charge < -0.3 is 20.5 Å². The molecule has 0 amide bonds. The average molecular weight is 554 g/mol. The van der Waals surface area contributed by atoms with Gasteiger partial charge in [-0.1, -0.05) is 41.4 Å². The molecular weight excluding hydrogens is 521 g/mol. The van der Waals surface area contributed by atoms with Crippen LogP contribution in [0.4, 0.5) is 0 Å². The standard InChI is InChI=1S/C20H32BrN3O2.HI/c1-3-16(12-17-6-5-7-18(21)13-17)14-23-19(22-4-2)24-15-20(25)8-10-26-11-9-20;/h5-7,13,16,25H,3-4,8-12,14-15H2,1-2H3,(H2,22,23,24);1H. The Labute approximate surface area is 188 Å². The van der Waals surface area contributed by atoms with Crippen LogP contribution >= 0.6 is 39.9 Å². The number of halogens is 2. The highest BCUT2D eigenvalue weighted by Crippen LogP contribution is 2.20. The Kier molecular flexibility index (Phi) is 11.8. The number of hydrogen-bond acceptors (Lipinski definition) is 3. The number of nitrogens with zero attached hydrogens (tertiary/aromatic N) is 1. The highest BCUT2D eigenvalue weighted by molar-refractivity contribution is 14.0. The van der Waals surface area contributed by atoms with E-state index in [1.54, 1.807) is 0 Å². The van der Waals surface area contributed by atoms with Crippen molar-refractivity contribution in [3.8, 4) is 0 Å². The summed E-state index contributed by atoms with van der Waals surface area (Å²) in [5.41, 5.74) is 0.604. The minimum absolute atomic E-state index is 0. The van der Waals surface area contributed by atoms with Gasteiger partial charge >= 0.3 is 0 Å². The Bertz CT molecular complexity index is 580. The topological polar surface area (TPSA) is 65.9 Å². The molecule has 0 aliphatic carbocycles. The Hall–Kier alpha value is -0.380. The van der Waals surface area contributed by atoms with Gasteiger partial charge in [0.2, 0.25) is 0 Å². The molecule has 27 heavy (non-hydrogen) atoms. The zero-order chi connectivity index (χ0) is 18.8. The molecule has 7 heteroatoms. The first-order valence-corrected chi connectivity index (χ1v) is 10.4. The van der Waals surface area contributed by atoms with E-state index >= 15 is 0 Å². The molecule has 5 nitrogen and oxygen atoms in total. The molecule has 1 heterocycles. The Morgan fingerprint density at radius 2 is 2.04 bits per heavy atom. The van der Waals surface area contributed by atoms with Crippen molar-refractivity contribution in [1.29, 1.82) is 0 Å². The van der Waals surface area contributed by atoms with Crippen LogP contribution in [0.25, 0.3) is 0 Å². The van der Waals surface area contributed by atoms with Crippen molar-refractivity contribution in [2.75, 3.05) is 32.8 Å². The molecule has 1 fully saturated rings. The zero-order valence-electron chi connectivity index (χ0n) is 16.3. The van der Waals surface area contributed by atoms with Gasteiger partial charge in [0.1, 0.15) is 0 Å². The molecule has 0 saturated carbocycles. The van der Waals surface area contributed by atoms with E-state index < -0.39 is 5.60 Å². The molecule has 1 unspecified atom stereocenters. The first-order valence-electron chi connectivity index (χ1n) is 9.61. The van der Waals surface area contributed by atoms with Crippen molar-refractivity contribution in [3.63, 3.8) is 0 Å². The van der Waals surface area contributed by atoms with E-state index in [4.69, 9.17) is 4.74 Å². The maximum Gasteiger partial charge on any atom is 0.191 e. The number of aliphatic hydroxyl groups is 1. The second-order valence-corrected chi connectivity index (χ2v) is 7.94. The lowest BCUT2D eigenvalue weighted by molar-refractivity contribution is -0.0565. The van der Waals surface area contributed by atoms with Crippen LogP contribution < -0.4 is 10.6 Å². The van der Waals surface area contributed by atoms with Gasteiger partial charge in [0.15, 0.2) is 5.96 Å². The normalized spacial score (nSPS) is 17.7. The van der Waals surface area contributed by atoms with Crippen molar-refractivity contribution in [1.82, 2.24) is 10.6 Å². The number of nitrogens with one attached hydrogen (secondary N) is 2. The van der Waals surface area contributed by atoms with Gasteiger partial charge in [0.05, 0.1) is 12.1 Å². The van der Waals surface area contributed by atoms with Gasteiger partial charge in [-0.3, -0.25) is 4.99 Å². The first kappa shape index (κ1) is 24.7. The van der Waals surface area contributed by atoms with E-state index in [2.05, 4.69) is 69.7 Å². The summed E-state index contributed by atoms with van der Waals surface area (Å²) in [5, 5.41) is 17.3. The summed E-state index contributed by atoms with van der Waals surface area (Å²) in [6, 6.07) is 8.50. The second-order valence-electron chi connectivity index (χ2n) is 7.02. The van der Waals surface area contributed by atoms with Gasteiger partial charge in [-0.25, -0.2) is 0 Å². The molecule has 3 N–H and O–H groups in total. The van der Waals surface area contributed by atoms with Gasteiger partial charge in [0, 0.05) is 43.6 Å². The van der Waals surface area contributed by atoms with Crippen molar-refractivity contribution < 1.29 is 9.84 Å². The van der Waals surface area contributed by atoms with Crippen LogP contribution in [0.15, 0.2) is 33.7 Å². The van der Waals surface area contributed by atoms with Crippen LogP contribution in [-0.4, -0.2) is 49.5 Å². The lowest BCUT2D eigenvalue weighted by atomic mass is 9.95. The Balaban J connectivity index is 0.00000364. The van der Waals surface area contributed by atoms with Gasteiger partial charge in [-0.15, -0.1) is 24.0 Å². The van der Waals surface area contributed by atoms with E-state index in [9.17, 15) is 5.11 Å². The number of hydrogen-bond donors (Lipinski definition) is 3. The molecule has 0 radical (unpaired) electrons. The summed E-state index contributed by atoms with van der Waals surface area (Å²) in [7, 11) is 0. The maximum atomic E-state index is 10.6. The number of aliphatic imine (C=N–C) groups is 1. The Morgan fingerprint density at radius 3 is 2.67 bits per heavy atom. The quantitative estimate of drug-likeness (QED) is 0.261. The Morgan fingerprint density at radius 1 is 1.30 bits per heavy atom. The van der Waals surface area contributed by atoms with E-state index in [0.29, 0.717) is 38.5 Å². The molecule has 1 aromatic rings. The monoisotopic (exact) mass is 553 g/mol. The lowest BCUT2D eigenvalue weighted by Crippen LogP contribution is -2.43. The van der Waals surface area contributed by atoms with Crippen molar-refractivity contribution >= 4 is 45.9 Å². The minimum atomic E-state index is -0.735. The van der Waals surface area contributed by atoms with Crippen LogP contribution in [0.5, 0.6) is 0 Å². The highest BCUT2D eigenvalue weighted by Gasteiger charge is 2.29. The van der Waals surface area contributed by atoms with Crippen LogP contribution in [0.3, 0.4) is 0 Å². The first-order chi connectivity index (χ1) is 12.5. The molecule has 2 rings (SSSR count). The average Bonchev–Trinajstić information content (AvgIpc) is 2.63. The third kappa shape index (κ3) is 9.11. The molecule has 1 saturated heterocycles. The third-order valence-corrected chi connectivity index (χ3v) is 5.34. The molecular formula is C20H33BrIN3O2. The summed E-state index contributed by atoms with van der Waals surface area (Å²) < 4.78 is 6.46. The summed E-state index contributed by atoms with van der Waals surface area (Å²) in [6.07, 6.45) is 3.43. The molecule has 1 aliphatic heterocycles.